The van der Waals surface area contributed by atoms with Crippen LogP contribution >= 0.6 is 11.8 Å². The maximum absolute atomic E-state index is 12.0. The Kier molecular flexibility index (Phi) is 6.65. The molecule has 1 unspecified atom stereocenters. The van der Waals surface area contributed by atoms with Gasteiger partial charge in [-0.3, -0.25) is 21.1 Å². The summed E-state index contributed by atoms with van der Waals surface area (Å²) in [5.74, 6) is 0. The molecule has 0 saturated heterocycles. The van der Waals surface area contributed by atoms with Gasteiger partial charge in [0.25, 0.3) is 0 Å². The highest BCUT2D eigenvalue weighted by atomic mass is 32.2. The van der Waals surface area contributed by atoms with Gasteiger partial charge >= 0.3 is 0 Å². The van der Waals surface area contributed by atoms with E-state index in [1.54, 1.807) is 13.3 Å². The number of hydrogen-bond donors (Lipinski definition) is 4. The van der Waals surface area contributed by atoms with E-state index in [1.807, 2.05) is 7.05 Å². The predicted molar refractivity (Wildman–Crippen MR) is 74.6 cm³/mol. The molecular formula is C11H26N4OS. The Morgan fingerprint density at radius 1 is 1.12 bits per heavy atom. The first-order valence-corrected chi connectivity index (χ1v) is 6.91. The van der Waals surface area contributed by atoms with E-state index in [1.165, 1.54) is 11.8 Å². The molecule has 0 aromatic carbocycles. The van der Waals surface area contributed by atoms with Crippen molar-refractivity contribution in [1.82, 2.24) is 21.7 Å². The molecule has 0 bridgehead atoms. The molecule has 0 aliphatic heterocycles. The quantitative estimate of drug-likeness (QED) is 0.501. The summed E-state index contributed by atoms with van der Waals surface area (Å²) in [6, 6.07) is -0.279. The zero-order chi connectivity index (χ0) is 13.7. The lowest BCUT2D eigenvalue weighted by Gasteiger charge is -2.46. The second-order valence-electron chi connectivity index (χ2n) is 5.07. The minimum Gasteiger partial charge on any atom is -0.285 e. The summed E-state index contributed by atoms with van der Waals surface area (Å²) in [7, 11) is 3.60. The zero-order valence-electron chi connectivity index (χ0n) is 11.9. The molecule has 0 radical (unpaired) electrons. The first kappa shape index (κ1) is 16.9. The Labute approximate surface area is 109 Å². The van der Waals surface area contributed by atoms with Gasteiger partial charge in [-0.15, -0.1) is 0 Å². The zero-order valence-corrected chi connectivity index (χ0v) is 12.7. The maximum Gasteiger partial charge on any atom is 0.207 e. The van der Waals surface area contributed by atoms with E-state index in [-0.39, 0.29) is 22.1 Å². The minimum atomic E-state index is -0.279. The van der Waals surface area contributed by atoms with Crippen molar-refractivity contribution >= 4 is 16.9 Å². The van der Waals surface area contributed by atoms with Crippen LogP contribution in [0.4, 0.5) is 0 Å². The summed E-state index contributed by atoms with van der Waals surface area (Å²) in [5.41, 5.74) is 11.5. The summed E-state index contributed by atoms with van der Waals surface area (Å²) in [6.07, 6.45) is 1.81. The van der Waals surface area contributed by atoms with E-state index < -0.39 is 0 Å². The molecule has 0 aliphatic rings. The summed E-state index contributed by atoms with van der Waals surface area (Å²) < 4.78 is 0. The summed E-state index contributed by atoms with van der Waals surface area (Å²) in [5, 5.41) is 0.121. The van der Waals surface area contributed by atoms with E-state index in [9.17, 15) is 4.79 Å². The molecule has 0 aromatic heterocycles. The molecule has 6 heteroatoms. The van der Waals surface area contributed by atoms with Gasteiger partial charge in [0.05, 0.1) is 6.04 Å². The number of hydrazine groups is 2. The fourth-order valence-corrected chi connectivity index (χ4v) is 2.22. The topological polar surface area (TPSA) is 65.2 Å². The Morgan fingerprint density at radius 3 is 2.00 bits per heavy atom. The van der Waals surface area contributed by atoms with Gasteiger partial charge in [0.15, 0.2) is 0 Å². The number of carbonyl (C=O) groups is 1. The molecule has 0 saturated carbocycles. The van der Waals surface area contributed by atoms with Gasteiger partial charge in [0, 0.05) is 11.0 Å². The van der Waals surface area contributed by atoms with Crippen LogP contribution in [0.15, 0.2) is 0 Å². The monoisotopic (exact) mass is 262 g/mol. The van der Waals surface area contributed by atoms with Crippen LogP contribution in [0.2, 0.25) is 0 Å². The van der Waals surface area contributed by atoms with Gasteiger partial charge in [-0.25, -0.2) is 5.43 Å². The molecule has 102 valence electrons. The lowest BCUT2D eigenvalue weighted by molar-refractivity contribution is -0.117. The molecule has 4 N–H and O–H groups in total. The van der Waals surface area contributed by atoms with Crippen LogP contribution < -0.4 is 21.7 Å². The van der Waals surface area contributed by atoms with Crippen molar-refractivity contribution in [3.8, 4) is 0 Å². The van der Waals surface area contributed by atoms with Crippen LogP contribution in [0, 0.1) is 5.41 Å². The van der Waals surface area contributed by atoms with E-state index >= 15 is 0 Å². The van der Waals surface area contributed by atoms with Crippen molar-refractivity contribution in [2.24, 2.45) is 5.41 Å². The van der Waals surface area contributed by atoms with Gasteiger partial charge in [0.2, 0.25) is 5.12 Å². The molecule has 0 fully saturated rings. The molecule has 0 aromatic rings. The average Bonchev–Trinajstić information content (AvgIpc) is 2.24. The summed E-state index contributed by atoms with van der Waals surface area (Å²) in [4.78, 5) is 12.0. The predicted octanol–water partition coefficient (Wildman–Crippen LogP) is 0.497. The lowest BCUT2D eigenvalue weighted by Crippen LogP contribution is -2.65. The molecule has 0 spiro atoms. The number of thioether (sulfide) groups is 1. The van der Waals surface area contributed by atoms with Crippen LogP contribution in [-0.2, 0) is 4.79 Å². The van der Waals surface area contributed by atoms with Crippen molar-refractivity contribution in [2.75, 3.05) is 20.4 Å². The molecule has 0 rings (SSSR count). The van der Waals surface area contributed by atoms with Crippen molar-refractivity contribution in [3.63, 3.8) is 0 Å². The van der Waals surface area contributed by atoms with E-state index in [4.69, 9.17) is 0 Å². The van der Waals surface area contributed by atoms with Gasteiger partial charge in [0.1, 0.15) is 0 Å². The fraction of sp³-hybridized carbons (Fsp3) is 0.909. The first-order chi connectivity index (χ1) is 7.74. The lowest BCUT2D eigenvalue weighted by atomic mass is 9.70. The fourth-order valence-electron chi connectivity index (χ4n) is 1.63. The average molecular weight is 262 g/mol. The number of carbonyl (C=O) groups excluding carboxylic acids is 1. The molecule has 1 atom stereocenters. The van der Waals surface area contributed by atoms with Crippen LogP contribution in [0.1, 0.15) is 27.7 Å². The number of nitrogens with one attached hydrogen (secondary N) is 4. The van der Waals surface area contributed by atoms with Gasteiger partial charge in [-0.05, 0) is 34.2 Å². The molecule has 17 heavy (non-hydrogen) atoms. The van der Waals surface area contributed by atoms with Crippen molar-refractivity contribution in [1.29, 1.82) is 0 Å². The van der Waals surface area contributed by atoms with Gasteiger partial charge in [-0.2, -0.15) is 0 Å². The molecule has 0 heterocycles. The van der Waals surface area contributed by atoms with Crippen molar-refractivity contribution < 1.29 is 4.79 Å². The smallest absolute Gasteiger partial charge is 0.207 e. The van der Waals surface area contributed by atoms with E-state index in [2.05, 4.69) is 49.4 Å². The second kappa shape index (κ2) is 6.70. The highest BCUT2D eigenvalue weighted by Crippen LogP contribution is 2.35. The van der Waals surface area contributed by atoms with Crippen LogP contribution in [0.5, 0.6) is 0 Å². The standard InChI is InChI=1S/C11H26N4OS/c1-10(2,11(3,4)15-13-6)8(14-12-5)9(16)17-7/h8,12-15H,1-7H3. The minimum absolute atomic E-state index is 0.121. The largest absolute Gasteiger partial charge is 0.285 e. The molecular weight excluding hydrogens is 236 g/mol. The molecule has 0 amide bonds. The SMILES string of the molecule is CNNC(C(=O)SC)C(C)(C)C(C)(C)NNC. The van der Waals surface area contributed by atoms with E-state index in [0.717, 1.165) is 0 Å². The second-order valence-corrected chi connectivity index (χ2v) is 5.88. The van der Waals surface area contributed by atoms with Crippen molar-refractivity contribution in [2.45, 2.75) is 39.3 Å². The van der Waals surface area contributed by atoms with Gasteiger partial charge in [-0.1, -0.05) is 25.6 Å². The normalized spacial score (nSPS) is 14.8. The molecule has 0 aliphatic carbocycles. The Morgan fingerprint density at radius 2 is 1.65 bits per heavy atom. The number of hydrogen-bond acceptors (Lipinski definition) is 6. The van der Waals surface area contributed by atoms with Crippen LogP contribution in [0.25, 0.3) is 0 Å². The van der Waals surface area contributed by atoms with Crippen molar-refractivity contribution in [3.05, 3.63) is 0 Å². The third-order valence-corrected chi connectivity index (χ3v) is 4.13. The Hall–Kier alpha value is -0.140. The van der Waals surface area contributed by atoms with Gasteiger partial charge < -0.3 is 0 Å². The Bertz CT molecular complexity index is 256. The Balaban J connectivity index is 5.12. The highest BCUT2D eigenvalue weighted by molar-refractivity contribution is 8.13. The number of rotatable bonds is 7. The third-order valence-electron chi connectivity index (χ3n) is 3.50. The summed E-state index contributed by atoms with van der Waals surface area (Å²) in [6.45, 7) is 8.28. The van der Waals surface area contributed by atoms with Crippen LogP contribution in [-0.4, -0.2) is 37.0 Å². The summed E-state index contributed by atoms with van der Waals surface area (Å²) >= 11 is 1.24. The highest BCUT2D eigenvalue weighted by Gasteiger charge is 2.45. The van der Waals surface area contributed by atoms with Crippen LogP contribution in [0.3, 0.4) is 0 Å². The maximum atomic E-state index is 12.0. The van der Waals surface area contributed by atoms with E-state index in [0.29, 0.717) is 0 Å². The molecule has 5 nitrogen and oxygen atoms in total. The first-order valence-electron chi connectivity index (χ1n) is 5.68. The third kappa shape index (κ3) is 3.93.